The molecule has 2 N–H and O–H groups in total. The first-order valence-electron chi connectivity index (χ1n) is 6.97. The first-order valence-corrected chi connectivity index (χ1v) is 6.97. The van der Waals surface area contributed by atoms with Crippen molar-refractivity contribution in [2.75, 3.05) is 26.1 Å². The van der Waals surface area contributed by atoms with Gasteiger partial charge in [0.1, 0.15) is 11.5 Å². The van der Waals surface area contributed by atoms with Crippen LogP contribution in [0.25, 0.3) is 0 Å². The predicted molar refractivity (Wildman–Crippen MR) is 83.8 cm³/mol. The van der Waals surface area contributed by atoms with E-state index in [2.05, 4.69) is 10.6 Å². The van der Waals surface area contributed by atoms with Gasteiger partial charge in [0.15, 0.2) is 5.76 Å². The zero-order chi connectivity index (χ0) is 16.7. The summed E-state index contributed by atoms with van der Waals surface area (Å²) in [5.74, 6) is 0.769. The lowest BCUT2D eigenvalue weighted by atomic mass is 10.2. The Hall–Kier alpha value is -2.96. The van der Waals surface area contributed by atoms with Gasteiger partial charge in [-0.1, -0.05) is 0 Å². The van der Waals surface area contributed by atoms with E-state index in [1.165, 1.54) is 20.5 Å². The Labute approximate surface area is 133 Å². The van der Waals surface area contributed by atoms with Crippen LogP contribution in [0.3, 0.4) is 0 Å². The van der Waals surface area contributed by atoms with Crippen LogP contribution in [0.5, 0.6) is 11.5 Å². The van der Waals surface area contributed by atoms with Crippen LogP contribution in [0.15, 0.2) is 41.0 Å². The van der Waals surface area contributed by atoms with Crippen LogP contribution in [-0.4, -0.2) is 32.6 Å². The van der Waals surface area contributed by atoms with Crippen LogP contribution in [0, 0.1) is 0 Å². The van der Waals surface area contributed by atoms with Crippen molar-refractivity contribution in [2.24, 2.45) is 0 Å². The number of nitrogens with one attached hydrogen (secondary N) is 2. The van der Waals surface area contributed by atoms with Gasteiger partial charge in [0.05, 0.1) is 20.5 Å². The summed E-state index contributed by atoms with van der Waals surface area (Å²) in [4.78, 5) is 23.6. The lowest BCUT2D eigenvalue weighted by Gasteiger charge is -2.10. The Kier molecular flexibility index (Phi) is 5.62. The molecule has 0 aliphatic rings. The Bertz CT molecular complexity index is 645. The van der Waals surface area contributed by atoms with Crippen LogP contribution in [-0.2, 0) is 4.79 Å². The fourth-order valence-electron chi connectivity index (χ4n) is 1.89. The number of amides is 2. The molecule has 1 heterocycles. The van der Waals surface area contributed by atoms with Gasteiger partial charge >= 0.3 is 0 Å². The van der Waals surface area contributed by atoms with Gasteiger partial charge in [0.25, 0.3) is 5.91 Å². The highest BCUT2D eigenvalue weighted by Crippen LogP contribution is 2.25. The summed E-state index contributed by atoms with van der Waals surface area (Å²) in [6.07, 6.45) is 1.55. The molecular weight excluding hydrogens is 300 g/mol. The summed E-state index contributed by atoms with van der Waals surface area (Å²) in [7, 11) is 3.06. The number of hydrogen-bond acceptors (Lipinski definition) is 5. The minimum atomic E-state index is -0.356. The van der Waals surface area contributed by atoms with Gasteiger partial charge in [-0.3, -0.25) is 9.59 Å². The SMILES string of the molecule is COc1cc(NC(=O)CCNC(=O)c2ccco2)cc(OC)c1. The molecule has 7 nitrogen and oxygen atoms in total. The van der Waals surface area contributed by atoms with Gasteiger partial charge in [-0.15, -0.1) is 0 Å². The van der Waals surface area contributed by atoms with E-state index in [0.29, 0.717) is 17.2 Å². The third-order valence-electron chi connectivity index (χ3n) is 3.02. The summed E-state index contributed by atoms with van der Waals surface area (Å²) in [6, 6.07) is 8.25. The predicted octanol–water partition coefficient (Wildman–Crippen LogP) is 2.06. The van der Waals surface area contributed by atoms with E-state index in [1.807, 2.05) is 0 Å². The molecule has 2 rings (SSSR count). The zero-order valence-corrected chi connectivity index (χ0v) is 12.9. The van der Waals surface area contributed by atoms with Crippen molar-refractivity contribution < 1.29 is 23.5 Å². The van der Waals surface area contributed by atoms with Crippen LogP contribution >= 0.6 is 0 Å². The Balaban J connectivity index is 1.84. The summed E-state index contributed by atoms with van der Waals surface area (Å²) in [6.45, 7) is 0.201. The molecule has 122 valence electrons. The molecule has 0 bridgehead atoms. The summed E-state index contributed by atoms with van der Waals surface area (Å²) < 4.78 is 15.2. The molecule has 0 saturated carbocycles. The van der Waals surface area contributed by atoms with Crippen molar-refractivity contribution in [1.82, 2.24) is 5.32 Å². The Morgan fingerprint density at radius 1 is 1.13 bits per heavy atom. The minimum absolute atomic E-state index is 0.131. The molecule has 1 aromatic heterocycles. The lowest BCUT2D eigenvalue weighted by Crippen LogP contribution is -2.27. The second kappa shape index (κ2) is 7.88. The molecule has 0 fully saturated rings. The summed E-state index contributed by atoms with van der Waals surface area (Å²) >= 11 is 0. The molecule has 0 radical (unpaired) electrons. The van der Waals surface area contributed by atoms with E-state index in [9.17, 15) is 9.59 Å². The first-order chi connectivity index (χ1) is 11.1. The molecular formula is C16H18N2O5. The van der Waals surface area contributed by atoms with E-state index in [1.54, 1.807) is 30.3 Å². The summed E-state index contributed by atoms with van der Waals surface area (Å²) in [5.41, 5.74) is 0.559. The number of anilines is 1. The van der Waals surface area contributed by atoms with Crippen LogP contribution in [0.2, 0.25) is 0 Å². The lowest BCUT2D eigenvalue weighted by molar-refractivity contribution is -0.116. The normalized spacial score (nSPS) is 10.0. The van der Waals surface area contributed by atoms with Gasteiger partial charge < -0.3 is 24.5 Å². The largest absolute Gasteiger partial charge is 0.497 e. The number of furan rings is 1. The van der Waals surface area contributed by atoms with E-state index < -0.39 is 0 Å². The van der Waals surface area contributed by atoms with Crippen molar-refractivity contribution in [3.8, 4) is 11.5 Å². The number of benzene rings is 1. The average Bonchev–Trinajstić information content (AvgIpc) is 3.08. The molecule has 0 spiro atoms. The highest BCUT2D eigenvalue weighted by atomic mass is 16.5. The van der Waals surface area contributed by atoms with Crippen molar-refractivity contribution in [1.29, 1.82) is 0 Å². The minimum Gasteiger partial charge on any atom is -0.497 e. The smallest absolute Gasteiger partial charge is 0.286 e. The van der Waals surface area contributed by atoms with Crippen molar-refractivity contribution >= 4 is 17.5 Å². The number of carbonyl (C=O) groups is 2. The second-order valence-corrected chi connectivity index (χ2v) is 4.63. The standard InChI is InChI=1S/C16H18N2O5/c1-21-12-8-11(9-13(10-12)22-2)18-15(19)5-6-17-16(20)14-4-3-7-23-14/h3-4,7-10H,5-6H2,1-2H3,(H,17,20)(H,18,19). The molecule has 7 heteroatoms. The first kappa shape index (κ1) is 16.4. The van der Waals surface area contributed by atoms with Gasteiger partial charge in [0.2, 0.25) is 5.91 Å². The number of methoxy groups -OCH3 is 2. The number of hydrogen-bond donors (Lipinski definition) is 2. The van der Waals surface area contributed by atoms with Gasteiger partial charge in [-0.05, 0) is 12.1 Å². The number of ether oxygens (including phenoxy) is 2. The maximum Gasteiger partial charge on any atom is 0.286 e. The molecule has 0 atom stereocenters. The van der Waals surface area contributed by atoms with E-state index in [0.717, 1.165) is 0 Å². The van der Waals surface area contributed by atoms with Crippen molar-refractivity contribution in [3.63, 3.8) is 0 Å². The van der Waals surface area contributed by atoms with Crippen molar-refractivity contribution in [2.45, 2.75) is 6.42 Å². The Morgan fingerprint density at radius 2 is 1.83 bits per heavy atom. The van der Waals surface area contributed by atoms with Gasteiger partial charge in [-0.25, -0.2) is 0 Å². The maximum absolute atomic E-state index is 11.9. The maximum atomic E-state index is 11.9. The molecule has 0 unspecified atom stereocenters. The van der Waals surface area contributed by atoms with Crippen LogP contribution in [0.4, 0.5) is 5.69 Å². The third kappa shape index (κ3) is 4.77. The van der Waals surface area contributed by atoms with Gasteiger partial charge in [0, 0.05) is 36.9 Å². The van der Waals surface area contributed by atoms with Crippen LogP contribution < -0.4 is 20.1 Å². The highest BCUT2D eigenvalue weighted by Gasteiger charge is 2.10. The fourth-order valence-corrected chi connectivity index (χ4v) is 1.89. The number of carbonyl (C=O) groups excluding carboxylic acids is 2. The highest BCUT2D eigenvalue weighted by molar-refractivity contribution is 5.93. The summed E-state index contributed by atoms with van der Waals surface area (Å²) in [5, 5.41) is 5.33. The molecule has 2 aromatic rings. The van der Waals surface area contributed by atoms with E-state index in [4.69, 9.17) is 13.9 Å². The molecule has 1 aromatic carbocycles. The second-order valence-electron chi connectivity index (χ2n) is 4.63. The molecule has 2 amide bonds. The molecule has 0 saturated heterocycles. The molecule has 0 aliphatic heterocycles. The fraction of sp³-hybridized carbons (Fsp3) is 0.250. The van der Waals surface area contributed by atoms with E-state index >= 15 is 0 Å². The van der Waals surface area contributed by atoms with E-state index in [-0.39, 0.29) is 30.5 Å². The zero-order valence-electron chi connectivity index (χ0n) is 12.9. The number of rotatable bonds is 7. The monoisotopic (exact) mass is 318 g/mol. The van der Waals surface area contributed by atoms with Crippen molar-refractivity contribution in [3.05, 3.63) is 42.4 Å². The third-order valence-corrected chi connectivity index (χ3v) is 3.02. The average molecular weight is 318 g/mol. The van der Waals surface area contributed by atoms with Gasteiger partial charge in [-0.2, -0.15) is 0 Å². The Morgan fingerprint density at radius 3 is 2.39 bits per heavy atom. The molecule has 23 heavy (non-hydrogen) atoms. The topological polar surface area (TPSA) is 89.8 Å². The molecule has 0 aliphatic carbocycles. The van der Waals surface area contributed by atoms with Crippen LogP contribution in [0.1, 0.15) is 17.0 Å². The quantitative estimate of drug-likeness (QED) is 0.815.